The van der Waals surface area contributed by atoms with Crippen molar-refractivity contribution >= 4 is 33.2 Å². The molecule has 0 saturated carbocycles. The fourth-order valence-electron chi connectivity index (χ4n) is 10.7. The molecular weight excluding hydrogens is 1110 g/mol. The van der Waals surface area contributed by atoms with E-state index in [2.05, 4.69) is 303 Å². The van der Waals surface area contributed by atoms with Crippen LogP contribution in [0.15, 0.2) is 212 Å². The summed E-state index contributed by atoms with van der Waals surface area (Å²) in [6, 6.07) is 76.9. The van der Waals surface area contributed by atoms with Crippen molar-refractivity contribution in [3.8, 4) is 39.6 Å². The number of anilines is 2. The molecule has 76 heavy (non-hydrogen) atoms. The first kappa shape index (κ1) is 52.0. The third-order valence-electron chi connectivity index (χ3n) is 15.2. The van der Waals surface area contributed by atoms with Gasteiger partial charge in [-0.2, -0.15) is 0 Å². The Hall–Kier alpha value is -7.46. The van der Waals surface area contributed by atoms with Crippen LogP contribution in [0.25, 0.3) is 49.9 Å². The Labute approximate surface area is 464 Å². The van der Waals surface area contributed by atoms with Crippen LogP contribution in [0.4, 0.5) is 11.4 Å². The summed E-state index contributed by atoms with van der Waals surface area (Å²) in [6.07, 6.45) is 4.21. The van der Waals surface area contributed by atoms with Gasteiger partial charge in [-0.1, -0.05) is 226 Å². The van der Waals surface area contributed by atoms with Crippen LogP contribution in [0.1, 0.15) is 97.1 Å². The van der Waals surface area contributed by atoms with Crippen LogP contribution in [0.3, 0.4) is 0 Å². The Morgan fingerprint density at radius 2 is 1.05 bits per heavy atom. The number of pyridine rings is 1. The maximum Gasteiger partial charge on any atom is 0.135 e. The molecule has 0 amide bonds. The van der Waals surface area contributed by atoms with Gasteiger partial charge < -0.3 is 19.1 Å². The van der Waals surface area contributed by atoms with Gasteiger partial charge in [0, 0.05) is 66.5 Å². The average Bonchev–Trinajstić information content (AvgIpc) is 4.04. The number of hydrogen-bond donors (Lipinski definition) is 0. The summed E-state index contributed by atoms with van der Waals surface area (Å²) in [6.45, 7) is 25.1. The largest absolute Gasteiger partial charge is 0.509 e. The minimum absolute atomic E-state index is 0. The van der Waals surface area contributed by atoms with Gasteiger partial charge in [0.2, 0.25) is 0 Å². The van der Waals surface area contributed by atoms with Crippen molar-refractivity contribution in [3.63, 3.8) is 0 Å². The molecule has 0 bridgehead atoms. The van der Waals surface area contributed by atoms with Gasteiger partial charge in [0.1, 0.15) is 5.82 Å². The number of fused-ring (bicyclic) bond motifs is 3. The predicted molar refractivity (Wildman–Crippen MR) is 313 cm³/mol. The molecule has 1 aliphatic heterocycles. The van der Waals surface area contributed by atoms with Crippen LogP contribution in [0.2, 0.25) is 0 Å². The number of ether oxygens (including phenoxy) is 1. The van der Waals surface area contributed by atoms with E-state index in [9.17, 15) is 0 Å². The molecule has 8 aromatic carbocycles. The second kappa shape index (κ2) is 20.2. The molecule has 0 N–H and O–H groups in total. The van der Waals surface area contributed by atoms with Crippen molar-refractivity contribution in [3.05, 3.63) is 259 Å². The molecule has 0 aliphatic carbocycles. The smallest absolute Gasteiger partial charge is 0.135 e. The Balaban J connectivity index is 0.00000657. The zero-order chi connectivity index (χ0) is 52.3. The molecule has 384 valence electrons. The Bertz CT molecular complexity index is 3730. The minimum Gasteiger partial charge on any atom is -0.509 e. The normalized spacial score (nSPS) is 13.3. The Morgan fingerprint density at radius 1 is 0.487 bits per heavy atom. The van der Waals surface area contributed by atoms with Gasteiger partial charge in [-0.25, -0.2) is 4.98 Å². The van der Waals surface area contributed by atoms with Crippen LogP contribution >= 0.6 is 0 Å². The molecular formula is C70H65N4OPt-3. The van der Waals surface area contributed by atoms with Crippen LogP contribution in [0.5, 0.6) is 11.5 Å². The maximum atomic E-state index is 7.18. The average molecular weight is 1170 g/mol. The topological polar surface area (TPSA) is 33.5 Å². The summed E-state index contributed by atoms with van der Waals surface area (Å²) in [4.78, 5) is 9.67. The van der Waals surface area contributed by atoms with Gasteiger partial charge in [-0.05, 0) is 91.7 Å². The summed E-state index contributed by atoms with van der Waals surface area (Å²) in [7, 11) is 0. The van der Waals surface area contributed by atoms with E-state index in [1.54, 1.807) is 0 Å². The molecule has 2 aromatic heterocycles. The van der Waals surface area contributed by atoms with Crippen molar-refractivity contribution in [1.82, 2.24) is 9.55 Å². The summed E-state index contributed by atoms with van der Waals surface area (Å²) < 4.78 is 9.44. The van der Waals surface area contributed by atoms with Crippen molar-refractivity contribution in [2.75, 3.05) is 9.80 Å². The van der Waals surface area contributed by atoms with Gasteiger partial charge in [-0.3, -0.25) is 0 Å². The maximum absolute atomic E-state index is 7.18. The van der Waals surface area contributed by atoms with Crippen LogP contribution < -0.4 is 14.5 Å². The van der Waals surface area contributed by atoms with E-state index in [-0.39, 0.29) is 37.3 Å². The first-order chi connectivity index (χ1) is 35.9. The Kier molecular flexibility index (Phi) is 13.9. The zero-order valence-electron chi connectivity index (χ0n) is 45.2. The van der Waals surface area contributed by atoms with Crippen molar-refractivity contribution in [2.45, 2.75) is 90.9 Å². The number of rotatable bonds is 11. The molecule has 0 spiro atoms. The van der Waals surface area contributed by atoms with Gasteiger partial charge in [0.15, 0.2) is 0 Å². The number of nitrogens with zero attached hydrogens (tertiary/aromatic N) is 4. The molecule has 0 radical (unpaired) electrons. The third-order valence-corrected chi connectivity index (χ3v) is 15.2. The van der Waals surface area contributed by atoms with Gasteiger partial charge in [0.25, 0.3) is 0 Å². The summed E-state index contributed by atoms with van der Waals surface area (Å²) in [5.41, 5.74) is 14.5. The van der Waals surface area contributed by atoms with E-state index < -0.39 is 5.41 Å². The predicted octanol–water partition coefficient (Wildman–Crippen LogP) is 18.1. The third kappa shape index (κ3) is 9.94. The van der Waals surface area contributed by atoms with Crippen molar-refractivity contribution in [1.29, 1.82) is 0 Å². The Morgan fingerprint density at radius 3 is 1.67 bits per heavy atom. The molecule has 11 rings (SSSR count). The summed E-state index contributed by atoms with van der Waals surface area (Å²) in [5.74, 6) is 2.01. The zero-order valence-corrected chi connectivity index (χ0v) is 47.5. The van der Waals surface area contributed by atoms with Crippen molar-refractivity contribution in [2.24, 2.45) is 0 Å². The second-order valence-corrected chi connectivity index (χ2v) is 23.1. The van der Waals surface area contributed by atoms with E-state index >= 15 is 0 Å². The quantitative estimate of drug-likeness (QED) is 0.121. The number of hydrogen-bond acceptors (Lipinski definition) is 4. The second-order valence-electron chi connectivity index (χ2n) is 23.1. The van der Waals surface area contributed by atoms with E-state index in [4.69, 9.17) is 9.72 Å². The summed E-state index contributed by atoms with van der Waals surface area (Å²) in [5, 5.41) is 2.29. The fourth-order valence-corrected chi connectivity index (χ4v) is 10.7. The van der Waals surface area contributed by atoms with Gasteiger partial charge >= 0.3 is 0 Å². The molecule has 1 aliphatic rings. The van der Waals surface area contributed by atoms with Gasteiger partial charge in [-0.15, -0.1) is 53.8 Å². The number of benzene rings is 8. The van der Waals surface area contributed by atoms with Crippen LogP contribution in [-0.4, -0.2) is 9.55 Å². The molecule has 0 fully saturated rings. The minimum atomic E-state index is -0.397. The molecule has 0 atom stereocenters. The molecule has 3 heterocycles. The van der Waals surface area contributed by atoms with Crippen LogP contribution in [-0.2, 0) is 42.7 Å². The molecule has 0 saturated heterocycles. The first-order valence-corrected chi connectivity index (χ1v) is 26.2. The SMILES string of the molecule is CC(C)(C)c1cc(-c2ccccc2)cc(N2[CH-]N(c3[c-]c(Oc4[c-]c5c(c(C(C)(C)C)c4)c4ccccc4n5-c4cc(C(C)(C)c5ccccc5)ccn4)cc(-c4ccccc4)c3)C=C2C(C)(C)c2ccccc2)c1.[Pt]. The number of allylic oxidation sites excluding steroid dienone is 1. The van der Waals surface area contributed by atoms with E-state index in [1.807, 2.05) is 6.20 Å². The molecule has 0 unspecified atom stereocenters. The van der Waals surface area contributed by atoms with Gasteiger partial charge in [0.05, 0.1) is 0 Å². The number of para-hydroxylation sites is 1. The number of aromatic nitrogens is 2. The van der Waals surface area contributed by atoms with E-state index in [0.717, 1.165) is 61.4 Å². The molecule has 6 heteroatoms. The van der Waals surface area contributed by atoms with E-state index in [1.165, 1.54) is 33.4 Å². The standard InChI is InChI=1S/C70H65N4O.Pt/c1-67(2,3)55-37-50(48-25-15-11-16-26-48)39-57(41-55)73-47-72(46-64(73)70(9,10)53-31-21-14-22-32-53)56-38-51(49-27-17-12-18-28-49)40-58(43-56)75-59-44-61(68(4,5)6)66-60-33-23-24-34-62(60)74(63(66)45-59)65-42-54(35-36-71-65)69(7,8)52-29-19-13-20-30-52;/h11-42,44,46-47H,1-10H3;/q-3;. The van der Waals surface area contributed by atoms with E-state index in [0.29, 0.717) is 11.5 Å². The molecule has 5 nitrogen and oxygen atoms in total. The van der Waals surface area contributed by atoms with Crippen molar-refractivity contribution < 1.29 is 25.8 Å². The monoisotopic (exact) mass is 1170 g/mol. The fraction of sp³-hybridized carbons (Fsp3) is 0.200. The summed E-state index contributed by atoms with van der Waals surface area (Å²) >= 11 is 0. The first-order valence-electron chi connectivity index (χ1n) is 26.2. The molecule has 10 aromatic rings. The van der Waals surface area contributed by atoms with Crippen LogP contribution in [0, 0.1) is 18.8 Å².